The first-order valence-electron chi connectivity index (χ1n) is 7.69. The molecule has 0 aromatic rings. The standard InChI is InChI=1S/C13H9F16NO3/c1-2-33-4(31)3-30-6(32)8(18,19)10(22,23)12(26,27)13(28,29)11(24,25)9(20,21)7(16,17)5(14)15/h5H,2-3H2,1H3,(H,30,32). The first kappa shape index (κ1) is 30.8. The van der Waals surface area contributed by atoms with Gasteiger partial charge in [-0.2, -0.15) is 61.5 Å². The van der Waals surface area contributed by atoms with Crippen LogP contribution in [-0.4, -0.2) is 72.9 Å². The average Bonchev–Trinajstić information content (AvgIpc) is 2.64. The van der Waals surface area contributed by atoms with Crippen LogP contribution in [0.1, 0.15) is 6.92 Å². The van der Waals surface area contributed by atoms with Gasteiger partial charge in [-0.25, -0.2) is 8.78 Å². The molecule has 1 amide bonds. The van der Waals surface area contributed by atoms with Crippen molar-refractivity contribution in [1.82, 2.24) is 5.32 Å². The third-order valence-electron chi connectivity index (χ3n) is 3.65. The number of amides is 1. The van der Waals surface area contributed by atoms with Crippen LogP contribution in [-0.2, 0) is 14.3 Å². The third kappa shape index (κ3) is 4.47. The van der Waals surface area contributed by atoms with E-state index in [9.17, 15) is 79.8 Å². The lowest BCUT2D eigenvalue weighted by Gasteiger charge is -2.42. The molecule has 1 N–H and O–H groups in total. The van der Waals surface area contributed by atoms with Crippen LogP contribution in [0.5, 0.6) is 0 Å². The number of carbonyl (C=O) groups excluding carboxylic acids is 2. The maximum absolute atomic E-state index is 13.5. The molecule has 0 heterocycles. The molecule has 0 bridgehead atoms. The van der Waals surface area contributed by atoms with Crippen molar-refractivity contribution in [2.45, 2.75) is 54.8 Å². The predicted octanol–water partition coefficient (Wildman–Crippen LogP) is 4.38. The van der Waals surface area contributed by atoms with Crippen LogP contribution < -0.4 is 5.32 Å². The van der Waals surface area contributed by atoms with Crippen molar-refractivity contribution in [2.24, 2.45) is 0 Å². The third-order valence-corrected chi connectivity index (χ3v) is 3.65. The van der Waals surface area contributed by atoms with Crippen molar-refractivity contribution in [3.63, 3.8) is 0 Å². The summed E-state index contributed by atoms with van der Waals surface area (Å²) in [6, 6.07) is 0. The molecule has 0 rings (SSSR count). The largest absolute Gasteiger partial charge is 0.465 e. The highest BCUT2D eigenvalue weighted by Gasteiger charge is 2.94. The zero-order chi connectivity index (χ0) is 27.1. The van der Waals surface area contributed by atoms with E-state index >= 15 is 0 Å². The van der Waals surface area contributed by atoms with E-state index in [2.05, 4.69) is 4.74 Å². The van der Waals surface area contributed by atoms with Crippen LogP contribution in [0, 0.1) is 0 Å². The molecule has 196 valence electrons. The molecule has 0 saturated carbocycles. The number of carbonyl (C=O) groups is 2. The Kier molecular flexibility index (Phi) is 8.29. The Hall–Kier alpha value is -2.18. The minimum absolute atomic E-state index is 0.469. The molecular formula is C13H9F16NO3. The van der Waals surface area contributed by atoms with Gasteiger partial charge in [-0.15, -0.1) is 0 Å². The lowest BCUT2D eigenvalue weighted by atomic mass is 9.89. The molecule has 0 radical (unpaired) electrons. The fourth-order valence-electron chi connectivity index (χ4n) is 1.75. The smallest absolute Gasteiger partial charge is 0.392 e. The van der Waals surface area contributed by atoms with Crippen LogP contribution in [0.15, 0.2) is 0 Å². The van der Waals surface area contributed by atoms with Gasteiger partial charge < -0.3 is 10.1 Å². The van der Waals surface area contributed by atoms with Crippen LogP contribution >= 0.6 is 0 Å². The average molecular weight is 531 g/mol. The van der Waals surface area contributed by atoms with Crippen molar-refractivity contribution in [3.05, 3.63) is 0 Å². The van der Waals surface area contributed by atoms with Gasteiger partial charge in [0.25, 0.3) is 5.91 Å². The van der Waals surface area contributed by atoms with Crippen LogP contribution in [0.4, 0.5) is 70.2 Å². The second kappa shape index (κ2) is 8.88. The predicted molar refractivity (Wildman–Crippen MR) is 70.3 cm³/mol. The normalized spacial score (nSPS) is 15.0. The van der Waals surface area contributed by atoms with Crippen molar-refractivity contribution in [1.29, 1.82) is 0 Å². The Bertz CT molecular complexity index is 735. The molecule has 0 unspecified atom stereocenters. The molecule has 4 nitrogen and oxygen atoms in total. The van der Waals surface area contributed by atoms with Gasteiger partial charge in [0.15, 0.2) is 0 Å². The van der Waals surface area contributed by atoms with E-state index in [1.54, 1.807) is 0 Å². The lowest BCUT2D eigenvalue weighted by Crippen LogP contribution is -2.74. The molecule has 0 aliphatic carbocycles. The summed E-state index contributed by atoms with van der Waals surface area (Å²) in [5.74, 6) is -62.0. The monoisotopic (exact) mass is 531 g/mol. The summed E-state index contributed by atoms with van der Waals surface area (Å²) in [7, 11) is 0. The van der Waals surface area contributed by atoms with E-state index in [-0.39, 0.29) is 0 Å². The van der Waals surface area contributed by atoms with E-state index in [1.165, 1.54) is 0 Å². The number of halogens is 16. The summed E-state index contributed by atoms with van der Waals surface area (Å²) in [5, 5.41) is 0.469. The van der Waals surface area contributed by atoms with Crippen molar-refractivity contribution in [3.8, 4) is 0 Å². The Labute approximate surface area is 171 Å². The van der Waals surface area contributed by atoms with Gasteiger partial charge in [0, 0.05) is 0 Å². The highest BCUT2D eigenvalue weighted by Crippen LogP contribution is 2.62. The highest BCUT2D eigenvalue weighted by atomic mass is 19.4. The fraction of sp³-hybridized carbons (Fsp3) is 0.846. The van der Waals surface area contributed by atoms with E-state index < -0.39 is 72.9 Å². The Balaban J connectivity index is 6.40. The summed E-state index contributed by atoms with van der Waals surface area (Å²) < 4.78 is 213. The molecule has 33 heavy (non-hydrogen) atoms. The zero-order valence-electron chi connectivity index (χ0n) is 15.3. The minimum atomic E-state index is -8.60. The van der Waals surface area contributed by atoms with Crippen LogP contribution in [0.3, 0.4) is 0 Å². The van der Waals surface area contributed by atoms with Crippen molar-refractivity contribution >= 4 is 11.9 Å². The summed E-state index contributed by atoms with van der Waals surface area (Å²) in [4.78, 5) is 21.8. The number of ether oxygens (including phenoxy) is 1. The number of hydrogen-bond acceptors (Lipinski definition) is 3. The van der Waals surface area contributed by atoms with E-state index in [0.717, 1.165) is 6.92 Å². The number of nitrogens with one attached hydrogen (secondary N) is 1. The Morgan fingerprint density at radius 2 is 1.06 bits per heavy atom. The van der Waals surface area contributed by atoms with Gasteiger partial charge in [0.1, 0.15) is 6.54 Å². The molecule has 0 aromatic carbocycles. The fourth-order valence-corrected chi connectivity index (χ4v) is 1.75. The molecule has 0 aliphatic heterocycles. The zero-order valence-corrected chi connectivity index (χ0v) is 15.3. The van der Waals surface area contributed by atoms with Crippen molar-refractivity contribution in [2.75, 3.05) is 13.2 Å². The van der Waals surface area contributed by atoms with Gasteiger partial charge in [-0.1, -0.05) is 0 Å². The lowest BCUT2D eigenvalue weighted by molar-refractivity contribution is -0.443. The van der Waals surface area contributed by atoms with E-state index in [4.69, 9.17) is 0 Å². The van der Waals surface area contributed by atoms with Crippen molar-refractivity contribution < 1.29 is 84.6 Å². The molecule has 0 atom stereocenters. The molecule has 20 heteroatoms. The summed E-state index contributed by atoms with van der Waals surface area (Å²) in [6.45, 7) is -1.23. The topological polar surface area (TPSA) is 55.4 Å². The summed E-state index contributed by atoms with van der Waals surface area (Å²) in [6.07, 6.45) is -5.95. The van der Waals surface area contributed by atoms with Gasteiger partial charge in [0.05, 0.1) is 6.61 Å². The maximum Gasteiger partial charge on any atom is 0.392 e. The molecule has 0 aromatic heterocycles. The number of esters is 1. The summed E-state index contributed by atoms with van der Waals surface area (Å²) >= 11 is 0. The SMILES string of the molecule is CCOC(=O)CNC(=O)C(F)(F)C(F)(F)C(F)(F)C(F)(F)C(F)(F)C(F)(F)C(F)(F)C(F)F. The molecule has 0 fully saturated rings. The van der Waals surface area contributed by atoms with Crippen LogP contribution in [0.25, 0.3) is 0 Å². The second-order valence-corrected chi connectivity index (χ2v) is 5.86. The summed E-state index contributed by atoms with van der Waals surface area (Å²) in [5.41, 5.74) is 0. The second-order valence-electron chi connectivity index (χ2n) is 5.86. The minimum Gasteiger partial charge on any atom is -0.465 e. The molecule has 0 spiro atoms. The maximum atomic E-state index is 13.5. The Morgan fingerprint density at radius 3 is 1.42 bits per heavy atom. The first-order valence-corrected chi connectivity index (χ1v) is 7.69. The van der Waals surface area contributed by atoms with Gasteiger partial charge in [-0.3, -0.25) is 9.59 Å². The quantitative estimate of drug-likeness (QED) is 0.318. The van der Waals surface area contributed by atoms with Gasteiger partial charge in [-0.05, 0) is 6.92 Å². The number of rotatable bonds is 11. The van der Waals surface area contributed by atoms with E-state index in [0.29, 0.717) is 5.32 Å². The number of hydrogen-bond donors (Lipinski definition) is 1. The first-order chi connectivity index (χ1) is 14.3. The van der Waals surface area contributed by atoms with Gasteiger partial charge in [0.2, 0.25) is 0 Å². The Morgan fingerprint density at radius 1 is 0.697 bits per heavy atom. The van der Waals surface area contributed by atoms with Gasteiger partial charge >= 0.3 is 53.9 Å². The van der Waals surface area contributed by atoms with Crippen LogP contribution in [0.2, 0.25) is 0 Å². The molecular weight excluding hydrogens is 522 g/mol. The highest BCUT2D eigenvalue weighted by molar-refractivity contribution is 5.88. The molecule has 0 aliphatic rings. The van der Waals surface area contributed by atoms with E-state index in [1.807, 2.05) is 0 Å². The molecule has 0 saturated heterocycles. The number of alkyl halides is 16.